The Kier molecular flexibility index (Phi) is 5.73. The van der Waals surface area contributed by atoms with Crippen molar-refractivity contribution >= 4 is 28.7 Å². The van der Waals surface area contributed by atoms with Crippen molar-refractivity contribution in [2.45, 2.75) is 52.3 Å². The molecule has 1 saturated heterocycles. The van der Waals surface area contributed by atoms with Crippen LogP contribution in [0.15, 0.2) is 18.3 Å². The number of esters is 1. The fourth-order valence-electron chi connectivity index (χ4n) is 3.61. The summed E-state index contributed by atoms with van der Waals surface area (Å²) in [4.78, 5) is 28.5. The van der Waals surface area contributed by atoms with Gasteiger partial charge >= 0.3 is 12.1 Å². The summed E-state index contributed by atoms with van der Waals surface area (Å²) in [6, 6.07) is 3.76. The number of benzene rings is 1. The number of aryl methyl sites for hydroxylation is 1. The molecule has 0 N–H and O–H groups in total. The van der Waals surface area contributed by atoms with Crippen molar-refractivity contribution in [3.05, 3.63) is 23.9 Å². The van der Waals surface area contributed by atoms with Gasteiger partial charge in [-0.3, -0.25) is 4.68 Å². The average Bonchev–Trinajstić information content (AvgIpc) is 3.31. The average molecular weight is 402 g/mol. The minimum Gasteiger partial charge on any atom is -0.465 e. The molecule has 1 fully saturated rings. The summed E-state index contributed by atoms with van der Waals surface area (Å²) in [5.41, 5.74) is 1.58. The predicted molar refractivity (Wildman–Crippen MR) is 111 cm³/mol. The first-order valence-corrected chi connectivity index (χ1v) is 9.93. The topological polar surface area (TPSA) is 76.9 Å². The van der Waals surface area contributed by atoms with Gasteiger partial charge in [-0.25, -0.2) is 9.59 Å². The summed E-state index contributed by atoms with van der Waals surface area (Å²) in [6.45, 7) is 9.81. The van der Waals surface area contributed by atoms with Gasteiger partial charge in [0.25, 0.3) is 0 Å². The van der Waals surface area contributed by atoms with Crippen LogP contribution >= 0.6 is 0 Å². The molecule has 1 amide bonds. The maximum absolute atomic E-state index is 12.4. The van der Waals surface area contributed by atoms with Crippen molar-refractivity contribution in [2.75, 3.05) is 32.1 Å². The molecular formula is C21H30N4O4. The Hall–Kier alpha value is -2.77. The highest BCUT2D eigenvalue weighted by Gasteiger charge is 2.32. The van der Waals surface area contributed by atoms with Crippen molar-refractivity contribution in [2.24, 2.45) is 0 Å². The number of likely N-dealkylation sites (N-methyl/N-ethyl adjacent to an activating group) is 1. The second-order valence-electron chi connectivity index (χ2n) is 8.35. The van der Waals surface area contributed by atoms with Crippen LogP contribution in [-0.4, -0.2) is 65.6 Å². The van der Waals surface area contributed by atoms with E-state index in [2.05, 4.69) is 10.00 Å². The van der Waals surface area contributed by atoms with Gasteiger partial charge in [0, 0.05) is 44.0 Å². The summed E-state index contributed by atoms with van der Waals surface area (Å²) < 4.78 is 12.2. The number of carbonyl (C=O) groups excluding carboxylic acids is 2. The van der Waals surface area contributed by atoms with Crippen LogP contribution in [0.1, 0.15) is 44.5 Å². The lowest BCUT2D eigenvalue weighted by Crippen LogP contribution is -2.42. The Labute approximate surface area is 171 Å². The first-order chi connectivity index (χ1) is 13.6. The third-order valence-electron chi connectivity index (χ3n) is 5.16. The van der Waals surface area contributed by atoms with E-state index in [4.69, 9.17) is 9.47 Å². The monoisotopic (exact) mass is 402 g/mol. The number of hydrogen-bond donors (Lipinski definition) is 0. The Bertz CT molecular complexity index is 915. The molecule has 3 rings (SSSR count). The van der Waals surface area contributed by atoms with Crippen LogP contribution in [-0.2, 0) is 16.0 Å². The van der Waals surface area contributed by atoms with E-state index in [1.54, 1.807) is 18.0 Å². The highest BCUT2D eigenvalue weighted by Crippen LogP contribution is 2.32. The van der Waals surface area contributed by atoms with E-state index in [0.717, 1.165) is 24.0 Å². The molecular weight excluding hydrogens is 372 g/mol. The predicted octanol–water partition coefficient (Wildman–Crippen LogP) is 3.29. The highest BCUT2D eigenvalue weighted by atomic mass is 16.6. The molecule has 1 atom stereocenters. The zero-order chi connectivity index (χ0) is 21.3. The van der Waals surface area contributed by atoms with Crippen LogP contribution in [0.3, 0.4) is 0 Å². The SMILES string of the molecule is CCn1cc2c(N3CC[C@@H](N(C)C(=O)OC(C)(C)C)C3)ccc(C(=O)OC)c2n1. The Morgan fingerprint density at radius 2 is 2.03 bits per heavy atom. The quantitative estimate of drug-likeness (QED) is 0.731. The smallest absolute Gasteiger partial charge is 0.410 e. The van der Waals surface area contributed by atoms with Crippen molar-refractivity contribution in [1.29, 1.82) is 0 Å². The second kappa shape index (κ2) is 7.93. The van der Waals surface area contributed by atoms with E-state index in [-0.39, 0.29) is 12.1 Å². The fraction of sp³-hybridized carbons (Fsp3) is 0.571. The van der Waals surface area contributed by atoms with Crippen LogP contribution in [0.4, 0.5) is 10.5 Å². The number of amides is 1. The maximum atomic E-state index is 12.4. The summed E-state index contributed by atoms with van der Waals surface area (Å²) in [5.74, 6) is -0.396. The van der Waals surface area contributed by atoms with E-state index in [0.29, 0.717) is 24.2 Å². The van der Waals surface area contributed by atoms with Gasteiger partial charge in [0.2, 0.25) is 0 Å². The summed E-state index contributed by atoms with van der Waals surface area (Å²) in [5, 5.41) is 5.47. The summed E-state index contributed by atoms with van der Waals surface area (Å²) >= 11 is 0. The van der Waals surface area contributed by atoms with E-state index < -0.39 is 11.6 Å². The van der Waals surface area contributed by atoms with Crippen molar-refractivity contribution in [3.63, 3.8) is 0 Å². The van der Waals surface area contributed by atoms with Gasteiger partial charge in [0.05, 0.1) is 18.7 Å². The van der Waals surface area contributed by atoms with Gasteiger partial charge in [0.1, 0.15) is 11.1 Å². The normalized spacial score (nSPS) is 16.9. The molecule has 1 aromatic carbocycles. The lowest BCUT2D eigenvalue weighted by Gasteiger charge is -2.29. The number of anilines is 1. The Balaban J connectivity index is 1.86. The lowest BCUT2D eigenvalue weighted by molar-refractivity contribution is 0.0237. The molecule has 1 aliphatic rings. The van der Waals surface area contributed by atoms with Crippen LogP contribution in [0.2, 0.25) is 0 Å². The Morgan fingerprint density at radius 3 is 2.66 bits per heavy atom. The molecule has 29 heavy (non-hydrogen) atoms. The minimum atomic E-state index is -0.520. The van der Waals surface area contributed by atoms with Crippen LogP contribution in [0.25, 0.3) is 10.9 Å². The molecule has 2 heterocycles. The van der Waals surface area contributed by atoms with Crippen LogP contribution in [0, 0.1) is 0 Å². The van der Waals surface area contributed by atoms with Gasteiger partial charge < -0.3 is 19.3 Å². The number of aromatic nitrogens is 2. The molecule has 0 spiro atoms. The van der Waals surface area contributed by atoms with Gasteiger partial charge in [-0.15, -0.1) is 0 Å². The van der Waals surface area contributed by atoms with Crippen molar-refractivity contribution in [3.8, 4) is 0 Å². The number of ether oxygens (including phenoxy) is 2. The molecule has 8 nitrogen and oxygen atoms in total. The first-order valence-electron chi connectivity index (χ1n) is 9.93. The lowest BCUT2D eigenvalue weighted by atomic mass is 10.1. The number of nitrogens with zero attached hydrogens (tertiary/aromatic N) is 4. The number of hydrogen-bond acceptors (Lipinski definition) is 6. The standard InChI is InChI=1S/C21H30N4O4/c1-7-25-13-16-17(9-8-15(18(16)22-25)19(26)28-6)24-11-10-14(12-24)23(5)20(27)29-21(2,3)4/h8-9,13-14H,7,10-12H2,1-6H3/t14-/m1/s1. The van der Waals surface area contributed by atoms with Crippen LogP contribution < -0.4 is 4.90 Å². The zero-order valence-corrected chi connectivity index (χ0v) is 18.1. The fourth-order valence-corrected chi connectivity index (χ4v) is 3.61. The molecule has 0 unspecified atom stereocenters. The molecule has 0 aliphatic carbocycles. The maximum Gasteiger partial charge on any atom is 0.410 e. The molecule has 158 valence electrons. The van der Waals surface area contributed by atoms with Gasteiger partial charge in [-0.1, -0.05) is 0 Å². The first kappa shape index (κ1) is 21.0. The van der Waals surface area contributed by atoms with E-state index in [1.165, 1.54) is 7.11 Å². The van der Waals surface area contributed by atoms with Gasteiger partial charge in [-0.05, 0) is 46.2 Å². The molecule has 0 saturated carbocycles. The van der Waals surface area contributed by atoms with Gasteiger partial charge in [-0.2, -0.15) is 5.10 Å². The molecule has 1 aromatic heterocycles. The van der Waals surface area contributed by atoms with E-state index >= 15 is 0 Å². The van der Waals surface area contributed by atoms with Crippen molar-refractivity contribution in [1.82, 2.24) is 14.7 Å². The third-order valence-corrected chi connectivity index (χ3v) is 5.16. The molecule has 1 aliphatic heterocycles. The third kappa shape index (κ3) is 4.31. The minimum absolute atomic E-state index is 0.0569. The number of fused-ring (bicyclic) bond motifs is 1. The second-order valence-corrected chi connectivity index (χ2v) is 8.35. The highest BCUT2D eigenvalue weighted by molar-refractivity contribution is 6.06. The largest absolute Gasteiger partial charge is 0.465 e. The molecule has 8 heteroatoms. The molecule has 0 bridgehead atoms. The molecule has 2 aromatic rings. The van der Waals surface area contributed by atoms with Gasteiger partial charge in [0.15, 0.2) is 0 Å². The van der Waals surface area contributed by atoms with E-state index in [9.17, 15) is 9.59 Å². The number of methoxy groups -OCH3 is 1. The Morgan fingerprint density at radius 1 is 1.31 bits per heavy atom. The zero-order valence-electron chi connectivity index (χ0n) is 18.1. The van der Waals surface area contributed by atoms with Crippen LogP contribution in [0.5, 0.6) is 0 Å². The number of carbonyl (C=O) groups is 2. The summed E-state index contributed by atoms with van der Waals surface area (Å²) in [6.07, 6.45) is 2.49. The van der Waals surface area contributed by atoms with Crippen molar-refractivity contribution < 1.29 is 19.1 Å². The van der Waals surface area contributed by atoms with E-state index in [1.807, 2.05) is 44.6 Å². The summed E-state index contributed by atoms with van der Waals surface area (Å²) in [7, 11) is 3.16. The number of rotatable bonds is 4. The molecule has 0 radical (unpaired) electrons.